The highest BCUT2D eigenvalue weighted by molar-refractivity contribution is 5.98. The standard InChI is InChI=1S/C27H28N2O2/c1-20(24-12-8-22(9-13-24)16-29-17-27(18-29)21(2)30)28-31-19-23-10-14-26(15-11-23)25-6-4-3-5-7-25/h3-15,27,30H,2,16-19H2,1H3/b28-20-. The van der Waals surface area contributed by atoms with Crippen LogP contribution in [-0.4, -0.2) is 28.8 Å². The zero-order chi connectivity index (χ0) is 21.6. The van der Waals surface area contributed by atoms with Crippen molar-refractivity contribution in [3.8, 4) is 11.1 Å². The molecule has 1 N–H and O–H groups in total. The molecule has 0 aromatic heterocycles. The lowest BCUT2D eigenvalue weighted by Crippen LogP contribution is -2.46. The van der Waals surface area contributed by atoms with E-state index in [9.17, 15) is 5.11 Å². The zero-order valence-corrected chi connectivity index (χ0v) is 17.9. The molecule has 1 aliphatic rings. The second kappa shape index (κ2) is 9.63. The molecule has 4 rings (SSSR count). The molecule has 0 amide bonds. The minimum atomic E-state index is 0.223. The van der Waals surface area contributed by atoms with Crippen LogP contribution in [0.5, 0.6) is 0 Å². The Morgan fingerprint density at radius 3 is 2.19 bits per heavy atom. The van der Waals surface area contributed by atoms with Gasteiger partial charge in [0.05, 0.1) is 11.5 Å². The number of benzene rings is 3. The van der Waals surface area contributed by atoms with Crippen LogP contribution in [0.3, 0.4) is 0 Å². The number of hydrogen-bond donors (Lipinski definition) is 1. The fourth-order valence-corrected chi connectivity index (χ4v) is 3.70. The maximum atomic E-state index is 9.41. The fourth-order valence-electron chi connectivity index (χ4n) is 3.70. The highest BCUT2D eigenvalue weighted by Crippen LogP contribution is 2.23. The summed E-state index contributed by atoms with van der Waals surface area (Å²) in [5.41, 5.74) is 6.64. The van der Waals surface area contributed by atoms with Crippen molar-refractivity contribution >= 4 is 5.71 Å². The van der Waals surface area contributed by atoms with Gasteiger partial charge in [-0.2, -0.15) is 0 Å². The highest BCUT2D eigenvalue weighted by atomic mass is 16.6. The predicted octanol–water partition coefficient (Wildman–Crippen LogP) is 5.80. The molecule has 0 radical (unpaired) electrons. The molecule has 1 saturated heterocycles. The molecule has 1 heterocycles. The molecule has 0 spiro atoms. The van der Waals surface area contributed by atoms with Crippen molar-refractivity contribution in [2.24, 2.45) is 11.1 Å². The second-order valence-corrected chi connectivity index (χ2v) is 8.09. The van der Waals surface area contributed by atoms with Crippen LogP contribution in [0, 0.1) is 5.92 Å². The number of nitrogens with zero attached hydrogens (tertiary/aromatic N) is 2. The molecule has 0 saturated carbocycles. The summed E-state index contributed by atoms with van der Waals surface area (Å²) in [4.78, 5) is 7.88. The largest absolute Gasteiger partial charge is 0.513 e. The average molecular weight is 413 g/mol. The molecule has 3 aromatic carbocycles. The Balaban J connectivity index is 1.27. The van der Waals surface area contributed by atoms with E-state index in [0.29, 0.717) is 12.4 Å². The van der Waals surface area contributed by atoms with Crippen molar-refractivity contribution in [3.05, 3.63) is 108 Å². The molecular formula is C27H28N2O2. The van der Waals surface area contributed by atoms with Gasteiger partial charge in [0, 0.05) is 25.6 Å². The number of hydrogen-bond acceptors (Lipinski definition) is 4. The van der Waals surface area contributed by atoms with Gasteiger partial charge in [0.2, 0.25) is 0 Å². The first-order valence-corrected chi connectivity index (χ1v) is 10.6. The molecule has 31 heavy (non-hydrogen) atoms. The monoisotopic (exact) mass is 412 g/mol. The summed E-state index contributed by atoms with van der Waals surface area (Å²) in [5, 5.41) is 13.7. The molecule has 4 nitrogen and oxygen atoms in total. The van der Waals surface area contributed by atoms with Gasteiger partial charge >= 0.3 is 0 Å². The minimum Gasteiger partial charge on any atom is -0.513 e. The summed E-state index contributed by atoms with van der Waals surface area (Å²) < 4.78 is 0. The van der Waals surface area contributed by atoms with E-state index in [2.05, 4.69) is 77.3 Å². The third-order valence-electron chi connectivity index (χ3n) is 5.70. The summed E-state index contributed by atoms with van der Waals surface area (Å²) in [5.74, 6) is 0.519. The van der Waals surface area contributed by atoms with Crippen molar-refractivity contribution in [2.45, 2.75) is 20.1 Å². The Morgan fingerprint density at radius 1 is 0.935 bits per heavy atom. The van der Waals surface area contributed by atoms with Crippen LogP contribution in [-0.2, 0) is 18.0 Å². The van der Waals surface area contributed by atoms with Crippen LogP contribution < -0.4 is 0 Å². The molecule has 4 heteroatoms. The number of aliphatic hydroxyl groups excluding tert-OH is 1. The van der Waals surface area contributed by atoms with Crippen LogP contribution in [0.25, 0.3) is 11.1 Å². The topological polar surface area (TPSA) is 45.1 Å². The molecule has 158 valence electrons. The first-order valence-electron chi connectivity index (χ1n) is 10.6. The Bertz CT molecular complexity index is 1030. The number of oxime groups is 1. The van der Waals surface area contributed by atoms with Gasteiger partial charge in [0.1, 0.15) is 6.61 Å². The second-order valence-electron chi connectivity index (χ2n) is 8.09. The van der Waals surface area contributed by atoms with Crippen LogP contribution in [0.15, 0.2) is 96.4 Å². The van der Waals surface area contributed by atoms with E-state index >= 15 is 0 Å². The summed E-state index contributed by atoms with van der Waals surface area (Å²) in [6.07, 6.45) is 0. The van der Waals surface area contributed by atoms with Gasteiger partial charge in [-0.25, -0.2) is 0 Å². The molecule has 1 aliphatic heterocycles. The van der Waals surface area contributed by atoms with Gasteiger partial charge in [-0.05, 0) is 34.7 Å². The maximum absolute atomic E-state index is 9.41. The van der Waals surface area contributed by atoms with Gasteiger partial charge in [-0.3, -0.25) is 4.90 Å². The van der Waals surface area contributed by atoms with Crippen molar-refractivity contribution < 1.29 is 9.94 Å². The normalized spacial score (nSPS) is 14.8. The molecule has 0 unspecified atom stereocenters. The van der Waals surface area contributed by atoms with Crippen LogP contribution in [0.1, 0.15) is 23.6 Å². The maximum Gasteiger partial charge on any atom is 0.142 e. The van der Waals surface area contributed by atoms with E-state index in [0.717, 1.165) is 36.5 Å². The lowest BCUT2D eigenvalue weighted by molar-refractivity contribution is 0.0863. The lowest BCUT2D eigenvalue weighted by atomic mass is 9.97. The van der Waals surface area contributed by atoms with Gasteiger partial charge in [-0.1, -0.05) is 90.6 Å². The lowest BCUT2D eigenvalue weighted by Gasteiger charge is -2.38. The van der Waals surface area contributed by atoms with Crippen molar-refractivity contribution in [1.82, 2.24) is 4.90 Å². The SMILES string of the molecule is C=C(O)C1CN(Cc2ccc(/C(C)=N\OCc3ccc(-c4ccccc4)cc3)cc2)C1. The Morgan fingerprint density at radius 2 is 1.55 bits per heavy atom. The molecule has 0 atom stereocenters. The quantitative estimate of drug-likeness (QED) is 0.289. The molecular weight excluding hydrogens is 384 g/mol. The Labute approximate surface area is 184 Å². The molecule has 0 aliphatic carbocycles. The average Bonchev–Trinajstić information content (AvgIpc) is 2.77. The number of likely N-dealkylation sites (tertiary alicyclic amines) is 1. The van der Waals surface area contributed by atoms with E-state index in [1.807, 2.05) is 25.1 Å². The minimum absolute atomic E-state index is 0.223. The predicted molar refractivity (Wildman–Crippen MR) is 126 cm³/mol. The Kier molecular flexibility index (Phi) is 6.48. The number of rotatable bonds is 8. The Hall–Kier alpha value is -3.37. The smallest absolute Gasteiger partial charge is 0.142 e. The van der Waals surface area contributed by atoms with Crippen LogP contribution >= 0.6 is 0 Å². The number of aliphatic hydroxyl groups is 1. The summed E-state index contributed by atoms with van der Waals surface area (Å²) in [7, 11) is 0. The van der Waals surface area contributed by atoms with Gasteiger partial charge < -0.3 is 9.94 Å². The molecule has 1 fully saturated rings. The van der Waals surface area contributed by atoms with Gasteiger partial charge in [0.15, 0.2) is 0 Å². The van der Waals surface area contributed by atoms with E-state index in [-0.39, 0.29) is 5.92 Å². The van der Waals surface area contributed by atoms with E-state index < -0.39 is 0 Å². The van der Waals surface area contributed by atoms with Crippen molar-refractivity contribution in [1.29, 1.82) is 0 Å². The first-order chi connectivity index (χ1) is 15.1. The summed E-state index contributed by atoms with van der Waals surface area (Å²) >= 11 is 0. The fraction of sp³-hybridized carbons (Fsp3) is 0.222. The van der Waals surface area contributed by atoms with E-state index in [1.54, 1.807) is 0 Å². The van der Waals surface area contributed by atoms with Crippen molar-refractivity contribution in [2.75, 3.05) is 13.1 Å². The molecule has 3 aromatic rings. The van der Waals surface area contributed by atoms with E-state index in [4.69, 9.17) is 4.84 Å². The summed E-state index contributed by atoms with van der Waals surface area (Å²) in [6.45, 7) is 8.64. The molecule has 0 bridgehead atoms. The third-order valence-corrected chi connectivity index (χ3v) is 5.70. The van der Waals surface area contributed by atoms with Crippen LogP contribution in [0.4, 0.5) is 0 Å². The summed E-state index contributed by atoms with van der Waals surface area (Å²) in [6, 6.07) is 27.1. The highest BCUT2D eigenvalue weighted by Gasteiger charge is 2.28. The zero-order valence-electron chi connectivity index (χ0n) is 17.9. The third kappa shape index (κ3) is 5.41. The van der Waals surface area contributed by atoms with Gasteiger partial charge in [0.25, 0.3) is 0 Å². The van der Waals surface area contributed by atoms with Gasteiger partial charge in [-0.15, -0.1) is 0 Å². The first kappa shape index (κ1) is 20.9. The van der Waals surface area contributed by atoms with Crippen LogP contribution in [0.2, 0.25) is 0 Å². The van der Waals surface area contributed by atoms with Crippen molar-refractivity contribution in [3.63, 3.8) is 0 Å². The van der Waals surface area contributed by atoms with E-state index in [1.165, 1.54) is 16.7 Å².